The Morgan fingerprint density at radius 1 is 1.35 bits per heavy atom. The number of rotatable bonds is 4. The van der Waals surface area contributed by atoms with E-state index in [2.05, 4.69) is 0 Å². The molecule has 8 heteroatoms. The zero-order valence-corrected chi connectivity index (χ0v) is 15.4. The average Bonchev–Trinajstić information content (AvgIpc) is 2.70. The van der Waals surface area contributed by atoms with Crippen LogP contribution in [0.5, 0.6) is 0 Å². The van der Waals surface area contributed by atoms with Gasteiger partial charge in [0.15, 0.2) is 0 Å². The SMILES string of the molecule is CC(C)[C@@H](C(=O)[O-])N1C(=O)/C(=C/c2c(Cl)cccc2Cl)SC1=S. The third kappa shape index (κ3) is 3.71. The summed E-state index contributed by atoms with van der Waals surface area (Å²) in [4.78, 5) is 25.3. The van der Waals surface area contributed by atoms with Crippen LogP contribution in [-0.4, -0.2) is 27.1 Å². The largest absolute Gasteiger partial charge is 0.548 e. The number of thiocarbonyl (C=S) groups is 1. The normalized spacial score (nSPS) is 18.1. The molecule has 1 aliphatic rings. The Hall–Kier alpha value is -1.08. The molecule has 4 nitrogen and oxygen atoms in total. The molecule has 0 N–H and O–H groups in total. The van der Waals surface area contributed by atoms with Crippen LogP contribution in [0, 0.1) is 5.92 Å². The highest BCUT2D eigenvalue weighted by Crippen LogP contribution is 2.37. The van der Waals surface area contributed by atoms with Crippen LogP contribution in [0.25, 0.3) is 6.08 Å². The van der Waals surface area contributed by atoms with E-state index in [4.69, 9.17) is 35.4 Å². The number of halogens is 2. The van der Waals surface area contributed by atoms with Crippen molar-refractivity contribution in [3.63, 3.8) is 0 Å². The maximum absolute atomic E-state index is 12.6. The Kier molecular flexibility index (Phi) is 5.73. The van der Waals surface area contributed by atoms with Crippen LogP contribution in [0.3, 0.4) is 0 Å². The Labute approximate surface area is 153 Å². The molecule has 2 rings (SSSR count). The molecule has 0 unspecified atom stereocenters. The number of hydrogen-bond donors (Lipinski definition) is 0. The molecule has 0 aliphatic carbocycles. The van der Waals surface area contributed by atoms with Gasteiger partial charge >= 0.3 is 0 Å². The van der Waals surface area contributed by atoms with Crippen molar-refractivity contribution in [3.05, 3.63) is 38.7 Å². The van der Waals surface area contributed by atoms with Gasteiger partial charge in [0.05, 0.1) is 16.9 Å². The minimum Gasteiger partial charge on any atom is -0.548 e. The van der Waals surface area contributed by atoms with E-state index in [1.54, 1.807) is 32.0 Å². The van der Waals surface area contributed by atoms with Gasteiger partial charge in [-0.25, -0.2) is 0 Å². The van der Waals surface area contributed by atoms with E-state index in [1.807, 2.05) is 0 Å². The van der Waals surface area contributed by atoms with E-state index in [-0.39, 0.29) is 15.1 Å². The predicted molar refractivity (Wildman–Crippen MR) is 95.1 cm³/mol. The molecule has 1 atom stereocenters. The number of nitrogens with zero attached hydrogens (tertiary/aromatic N) is 1. The summed E-state index contributed by atoms with van der Waals surface area (Å²) in [7, 11) is 0. The third-order valence-electron chi connectivity index (χ3n) is 3.25. The molecule has 0 radical (unpaired) electrons. The van der Waals surface area contributed by atoms with Gasteiger partial charge in [0.2, 0.25) is 0 Å². The zero-order chi connectivity index (χ0) is 17.3. The van der Waals surface area contributed by atoms with Crippen molar-refractivity contribution in [2.45, 2.75) is 19.9 Å². The number of benzene rings is 1. The molecule has 0 spiro atoms. The minimum absolute atomic E-state index is 0.173. The number of carbonyl (C=O) groups is 2. The number of carboxylic acid groups (broad SMARTS) is 1. The van der Waals surface area contributed by atoms with Crippen molar-refractivity contribution in [1.82, 2.24) is 4.90 Å². The number of amides is 1. The van der Waals surface area contributed by atoms with Crippen molar-refractivity contribution in [3.8, 4) is 0 Å². The molecule has 1 aliphatic heterocycles. The first-order chi connectivity index (χ1) is 10.7. The van der Waals surface area contributed by atoms with Gasteiger partial charge in [-0.05, 0) is 24.1 Å². The van der Waals surface area contributed by atoms with Crippen molar-refractivity contribution in [2.24, 2.45) is 5.92 Å². The molecule has 1 fully saturated rings. The van der Waals surface area contributed by atoms with Gasteiger partial charge in [-0.3, -0.25) is 9.69 Å². The topological polar surface area (TPSA) is 60.4 Å². The number of carbonyl (C=O) groups excluding carboxylic acids is 2. The quantitative estimate of drug-likeness (QED) is 0.585. The lowest BCUT2D eigenvalue weighted by Gasteiger charge is -2.30. The molecule has 0 bridgehead atoms. The first kappa shape index (κ1) is 18.3. The van der Waals surface area contributed by atoms with Crippen LogP contribution in [0.2, 0.25) is 10.0 Å². The molecule has 1 heterocycles. The Morgan fingerprint density at radius 3 is 2.39 bits per heavy atom. The molecular formula is C15H12Cl2NO3S2-. The highest BCUT2D eigenvalue weighted by Gasteiger charge is 2.39. The van der Waals surface area contributed by atoms with Crippen LogP contribution in [0.15, 0.2) is 23.1 Å². The molecule has 122 valence electrons. The fourth-order valence-electron chi connectivity index (χ4n) is 2.18. The van der Waals surface area contributed by atoms with E-state index >= 15 is 0 Å². The van der Waals surface area contributed by atoms with Crippen LogP contribution >= 0.6 is 47.2 Å². The monoisotopic (exact) mass is 388 g/mol. The standard InChI is InChI=1S/C15H13Cl2NO3S2/c1-7(2)12(14(20)21)18-13(19)11(23-15(18)22)6-8-9(16)4-3-5-10(8)17/h3-7,12H,1-2H3,(H,20,21)/p-1/b11-6-/t12-/m0/s1. The lowest BCUT2D eigenvalue weighted by Crippen LogP contribution is -2.52. The summed E-state index contributed by atoms with van der Waals surface area (Å²) in [6.07, 6.45) is 1.52. The van der Waals surface area contributed by atoms with E-state index in [9.17, 15) is 14.7 Å². The molecule has 23 heavy (non-hydrogen) atoms. The van der Waals surface area contributed by atoms with Crippen molar-refractivity contribution < 1.29 is 14.7 Å². The number of carboxylic acids is 1. The summed E-state index contributed by atoms with van der Waals surface area (Å²) in [6.45, 7) is 3.38. The smallest absolute Gasteiger partial charge is 0.266 e. The van der Waals surface area contributed by atoms with Gasteiger partial charge in [-0.2, -0.15) is 0 Å². The second kappa shape index (κ2) is 7.21. The molecular weight excluding hydrogens is 377 g/mol. The van der Waals surface area contributed by atoms with E-state index < -0.39 is 17.9 Å². The van der Waals surface area contributed by atoms with Crippen LogP contribution in [-0.2, 0) is 9.59 Å². The van der Waals surface area contributed by atoms with Gasteiger partial charge in [0.25, 0.3) is 5.91 Å². The predicted octanol–water partition coefficient (Wildman–Crippen LogP) is 2.97. The molecule has 1 aromatic rings. The van der Waals surface area contributed by atoms with Gasteiger partial charge in [-0.1, -0.05) is 67.1 Å². The number of hydrogen-bond acceptors (Lipinski definition) is 5. The molecule has 0 saturated carbocycles. The lowest BCUT2D eigenvalue weighted by atomic mass is 10.0. The van der Waals surface area contributed by atoms with E-state index in [0.717, 1.165) is 16.7 Å². The van der Waals surface area contributed by atoms with Crippen molar-refractivity contribution in [1.29, 1.82) is 0 Å². The molecule has 1 amide bonds. The first-order valence-electron chi connectivity index (χ1n) is 6.66. The molecule has 1 aromatic carbocycles. The highest BCUT2D eigenvalue weighted by molar-refractivity contribution is 8.26. The van der Waals surface area contributed by atoms with Crippen molar-refractivity contribution in [2.75, 3.05) is 0 Å². The van der Waals surface area contributed by atoms with Gasteiger partial charge in [0.1, 0.15) is 4.32 Å². The molecule has 0 aromatic heterocycles. The number of thioether (sulfide) groups is 1. The fourth-order valence-corrected chi connectivity index (χ4v) is 3.99. The van der Waals surface area contributed by atoms with Gasteiger partial charge in [-0.15, -0.1) is 0 Å². The van der Waals surface area contributed by atoms with E-state index in [1.165, 1.54) is 6.08 Å². The maximum Gasteiger partial charge on any atom is 0.266 e. The third-order valence-corrected chi connectivity index (χ3v) is 5.24. The molecule has 1 saturated heterocycles. The summed E-state index contributed by atoms with van der Waals surface area (Å²) in [5.41, 5.74) is 0.492. The van der Waals surface area contributed by atoms with Gasteiger partial charge < -0.3 is 9.90 Å². The van der Waals surface area contributed by atoms with E-state index in [0.29, 0.717) is 15.6 Å². The second-order valence-corrected chi connectivity index (χ2v) is 7.69. The van der Waals surface area contributed by atoms with Crippen LogP contribution < -0.4 is 5.11 Å². The van der Waals surface area contributed by atoms with Crippen LogP contribution in [0.1, 0.15) is 19.4 Å². The lowest BCUT2D eigenvalue weighted by molar-refractivity contribution is -0.311. The second-order valence-electron chi connectivity index (χ2n) is 5.19. The van der Waals surface area contributed by atoms with Crippen molar-refractivity contribution >= 4 is 69.5 Å². The van der Waals surface area contributed by atoms with Gasteiger partial charge in [0, 0.05) is 15.6 Å². The minimum atomic E-state index is -1.34. The maximum atomic E-state index is 12.6. The Bertz CT molecular complexity index is 698. The average molecular weight is 389 g/mol. The summed E-state index contributed by atoms with van der Waals surface area (Å²) in [6, 6.07) is 3.88. The Morgan fingerprint density at radius 2 is 1.91 bits per heavy atom. The summed E-state index contributed by atoms with van der Waals surface area (Å²) < 4.78 is 0.173. The summed E-state index contributed by atoms with van der Waals surface area (Å²) >= 11 is 18.4. The van der Waals surface area contributed by atoms with Crippen LogP contribution in [0.4, 0.5) is 0 Å². The summed E-state index contributed by atoms with van der Waals surface area (Å²) in [5.74, 6) is -2.17. The first-order valence-corrected chi connectivity index (χ1v) is 8.64. The Balaban J connectivity index is 2.42. The fraction of sp³-hybridized carbons (Fsp3) is 0.267. The highest BCUT2D eigenvalue weighted by atomic mass is 35.5. The summed E-state index contributed by atoms with van der Waals surface area (Å²) in [5, 5.41) is 12.1. The zero-order valence-electron chi connectivity index (χ0n) is 12.2. The number of aliphatic carboxylic acids is 1.